The Hall–Kier alpha value is -2.89. The van der Waals surface area contributed by atoms with Crippen molar-refractivity contribution in [1.29, 1.82) is 0 Å². The Morgan fingerprint density at radius 3 is 2.67 bits per heavy atom. The maximum atomic E-state index is 13.6. The molecule has 2 atom stereocenters. The van der Waals surface area contributed by atoms with Gasteiger partial charge in [0.05, 0.1) is 12.7 Å². The zero-order valence-electron chi connectivity index (χ0n) is 20.0. The molecule has 0 unspecified atom stereocenters. The van der Waals surface area contributed by atoms with Gasteiger partial charge in [-0.3, -0.25) is 0 Å². The molecule has 1 aromatic carbocycles. The van der Waals surface area contributed by atoms with Crippen LogP contribution < -0.4 is 9.62 Å². The van der Waals surface area contributed by atoms with Gasteiger partial charge in [-0.05, 0) is 67.9 Å². The summed E-state index contributed by atoms with van der Waals surface area (Å²) in [5.74, 6) is 0.853. The molecule has 1 aliphatic heterocycles. The lowest BCUT2D eigenvalue weighted by Crippen LogP contribution is -2.53. The topological polar surface area (TPSA) is 102 Å². The predicted octanol–water partition coefficient (Wildman–Crippen LogP) is 3.13. The standard InChI is InChI=1S/C25H31FN6O3S/c26-22-4-1-3-20(15-22)19-6-8-23(9-7-19)35-17-21-16-31(25-5-2-11-28-29-25)13-10-24(21)30-36(33,34)32-14-12-27-18-32/h1-5,11-12,14-15,18-19,21,23-24,30H,6-10,13,16-17H2/t19-,21-,23+,24-/m0/s1. The van der Waals surface area contributed by atoms with Crippen LogP contribution in [0.1, 0.15) is 43.6 Å². The van der Waals surface area contributed by atoms with Gasteiger partial charge in [-0.2, -0.15) is 18.2 Å². The normalized spacial score (nSPS) is 25.1. The van der Waals surface area contributed by atoms with E-state index in [-0.39, 0.29) is 23.9 Å². The SMILES string of the molecule is O=S(=O)(N[C@H]1CCN(c2cccnn2)C[C@H]1CO[C@H]1CC[C@@H](c2cccc(F)c2)CC1)n1ccnc1. The molecule has 1 saturated heterocycles. The zero-order valence-corrected chi connectivity index (χ0v) is 20.8. The van der Waals surface area contributed by atoms with Crippen molar-refractivity contribution >= 4 is 16.0 Å². The fraction of sp³-hybridized carbons (Fsp3) is 0.480. The highest BCUT2D eigenvalue weighted by Crippen LogP contribution is 2.35. The summed E-state index contributed by atoms with van der Waals surface area (Å²) >= 11 is 0. The molecule has 36 heavy (non-hydrogen) atoms. The molecule has 3 aromatic rings. The molecular weight excluding hydrogens is 483 g/mol. The third kappa shape index (κ3) is 5.91. The summed E-state index contributed by atoms with van der Waals surface area (Å²) in [4.78, 5) is 5.99. The van der Waals surface area contributed by atoms with E-state index in [1.54, 1.807) is 18.3 Å². The molecule has 0 amide bonds. The number of piperidine rings is 1. The van der Waals surface area contributed by atoms with Gasteiger partial charge in [0.1, 0.15) is 12.1 Å². The molecule has 3 heterocycles. The van der Waals surface area contributed by atoms with Crippen molar-refractivity contribution in [2.75, 3.05) is 24.6 Å². The van der Waals surface area contributed by atoms with E-state index in [2.05, 4.69) is 24.8 Å². The molecule has 2 fully saturated rings. The number of benzene rings is 1. The maximum absolute atomic E-state index is 13.6. The minimum absolute atomic E-state index is 0.0694. The van der Waals surface area contributed by atoms with Crippen LogP contribution in [0.2, 0.25) is 0 Å². The van der Waals surface area contributed by atoms with Crippen LogP contribution in [-0.2, 0) is 14.9 Å². The van der Waals surface area contributed by atoms with Crippen molar-refractivity contribution in [3.63, 3.8) is 0 Å². The Balaban J connectivity index is 1.22. The Kier molecular flexibility index (Phi) is 7.59. The number of halogens is 1. The first-order valence-electron chi connectivity index (χ1n) is 12.4. The van der Waals surface area contributed by atoms with Gasteiger partial charge in [-0.1, -0.05) is 12.1 Å². The van der Waals surface area contributed by atoms with E-state index in [9.17, 15) is 12.8 Å². The first kappa shape index (κ1) is 24.8. The molecule has 0 radical (unpaired) electrons. The van der Waals surface area contributed by atoms with Crippen LogP contribution in [0.5, 0.6) is 0 Å². The third-order valence-electron chi connectivity index (χ3n) is 7.21. The molecule has 11 heteroatoms. The largest absolute Gasteiger partial charge is 0.378 e. The van der Waals surface area contributed by atoms with Crippen LogP contribution in [0.25, 0.3) is 0 Å². The molecule has 1 N–H and O–H groups in total. The molecule has 2 aromatic heterocycles. The summed E-state index contributed by atoms with van der Waals surface area (Å²) < 4.78 is 49.7. The van der Waals surface area contributed by atoms with E-state index in [0.29, 0.717) is 32.0 Å². The Labute approximate surface area is 210 Å². The van der Waals surface area contributed by atoms with Crippen molar-refractivity contribution < 1.29 is 17.5 Å². The highest BCUT2D eigenvalue weighted by Gasteiger charge is 2.34. The Morgan fingerprint density at radius 2 is 1.94 bits per heavy atom. The lowest BCUT2D eigenvalue weighted by atomic mass is 9.82. The maximum Gasteiger partial charge on any atom is 0.306 e. The number of nitrogens with zero attached hydrogens (tertiary/aromatic N) is 5. The van der Waals surface area contributed by atoms with Crippen molar-refractivity contribution in [3.05, 3.63) is 72.7 Å². The molecule has 2 aliphatic rings. The van der Waals surface area contributed by atoms with Crippen LogP contribution in [-0.4, -0.2) is 59.4 Å². The predicted molar refractivity (Wildman–Crippen MR) is 133 cm³/mol. The van der Waals surface area contributed by atoms with Gasteiger partial charge in [0.15, 0.2) is 5.82 Å². The highest BCUT2D eigenvalue weighted by molar-refractivity contribution is 7.87. The number of hydrogen-bond acceptors (Lipinski definition) is 7. The number of nitrogens with one attached hydrogen (secondary N) is 1. The summed E-state index contributed by atoms with van der Waals surface area (Å²) in [7, 11) is -3.74. The van der Waals surface area contributed by atoms with Crippen LogP contribution >= 0.6 is 0 Å². The highest BCUT2D eigenvalue weighted by atomic mass is 32.2. The van der Waals surface area contributed by atoms with Gasteiger partial charge in [0.2, 0.25) is 0 Å². The van der Waals surface area contributed by atoms with Crippen LogP contribution in [0.4, 0.5) is 10.2 Å². The molecule has 9 nitrogen and oxygen atoms in total. The molecule has 1 aliphatic carbocycles. The average Bonchev–Trinajstić information content (AvgIpc) is 3.45. The summed E-state index contributed by atoms with van der Waals surface area (Å²) in [6.07, 6.45) is 10.2. The lowest BCUT2D eigenvalue weighted by Gasteiger charge is -2.40. The van der Waals surface area contributed by atoms with Crippen molar-refractivity contribution in [3.8, 4) is 0 Å². The van der Waals surface area contributed by atoms with Gasteiger partial charge in [-0.25, -0.2) is 13.3 Å². The second-order valence-corrected chi connectivity index (χ2v) is 11.2. The number of aromatic nitrogens is 4. The summed E-state index contributed by atoms with van der Waals surface area (Å²) in [6, 6.07) is 10.3. The smallest absolute Gasteiger partial charge is 0.306 e. The zero-order chi connectivity index (χ0) is 25.0. The first-order chi connectivity index (χ1) is 17.5. The molecule has 192 valence electrons. The molecule has 5 rings (SSSR count). The van der Waals surface area contributed by atoms with E-state index in [1.807, 2.05) is 18.2 Å². The molecular formula is C25H31FN6O3S. The Morgan fingerprint density at radius 1 is 1.08 bits per heavy atom. The van der Waals surface area contributed by atoms with Crippen molar-refractivity contribution in [1.82, 2.24) is 23.9 Å². The van der Waals surface area contributed by atoms with Gasteiger partial charge in [-0.15, -0.1) is 5.10 Å². The quantitative estimate of drug-likeness (QED) is 0.493. The number of ether oxygens (including phenoxy) is 1. The molecule has 0 bridgehead atoms. The van der Waals surface area contributed by atoms with Gasteiger partial charge in [0, 0.05) is 43.6 Å². The average molecular weight is 515 g/mol. The van der Waals surface area contributed by atoms with Gasteiger partial charge in [0.25, 0.3) is 0 Å². The lowest BCUT2D eigenvalue weighted by molar-refractivity contribution is -0.00218. The summed E-state index contributed by atoms with van der Waals surface area (Å²) in [6.45, 7) is 1.70. The van der Waals surface area contributed by atoms with E-state index in [0.717, 1.165) is 41.0 Å². The molecule has 0 spiro atoms. The van der Waals surface area contributed by atoms with Crippen LogP contribution in [0.15, 0.2) is 61.3 Å². The van der Waals surface area contributed by atoms with Crippen molar-refractivity contribution in [2.45, 2.75) is 50.2 Å². The number of anilines is 1. The van der Waals surface area contributed by atoms with Crippen molar-refractivity contribution in [2.24, 2.45) is 5.92 Å². The first-order valence-corrected chi connectivity index (χ1v) is 13.8. The van der Waals surface area contributed by atoms with Crippen LogP contribution in [0.3, 0.4) is 0 Å². The number of hydrogen-bond donors (Lipinski definition) is 1. The van der Waals surface area contributed by atoms with E-state index >= 15 is 0 Å². The van der Waals surface area contributed by atoms with E-state index < -0.39 is 10.2 Å². The number of imidazole rings is 1. The van der Waals surface area contributed by atoms with Gasteiger partial charge >= 0.3 is 10.2 Å². The minimum Gasteiger partial charge on any atom is -0.378 e. The second-order valence-electron chi connectivity index (χ2n) is 9.56. The number of rotatable bonds is 8. The third-order valence-corrected chi connectivity index (χ3v) is 8.59. The fourth-order valence-corrected chi connectivity index (χ4v) is 6.46. The summed E-state index contributed by atoms with van der Waals surface area (Å²) in [5.41, 5.74) is 1.05. The van der Waals surface area contributed by atoms with E-state index in [1.165, 1.54) is 24.8 Å². The minimum atomic E-state index is -3.74. The second kappa shape index (κ2) is 11.0. The monoisotopic (exact) mass is 514 g/mol. The van der Waals surface area contributed by atoms with Crippen LogP contribution in [0, 0.1) is 11.7 Å². The van der Waals surface area contributed by atoms with E-state index in [4.69, 9.17) is 4.74 Å². The fourth-order valence-electron chi connectivity index (χ4n) is 5.25. The summed E-state index contributed by atoms with van der Waals surface area (Å²) in [5, 5.41) is 8.21. The van der Waals surface area contributed by atoms with Gasteiger partial charge < -0.3 is 9.64 Å². The Bertz CT molecular complexity index is 1220. The molecule has 1 saturated carbocycles.